The third-order valence-corrected chi connectivity index (χ3v) is 4.62. The Morgan fingerprint density at radius 3 is 2.47 bits per heavy atom. The van der Waals surface area contributed by atoms with Crippen LogP contribution in [0.1, 0.15) is 27.0 Å². The summed E-state index contributed by atoms with van der Waals surface area (Å²) < 4.78 is 26.6. The number of carbonyl (C=O) groups is 2. The third-order valence-electron chi connectivity index (χ3n) is 4.62. The highest BCUT2D eigenvalue weighted by Crippen LogP contribution is 2.27. The Bertz CT molecular complexity index is 1250. The van der Waals surface area contributed by atoms with Gasteiger partial charge in [-0.05, 0) is 47.5 Å². The number of rotatable bonds is 2. The van der Waals surface area contributed by atoms with Gasteiger partial charge in [0.25, 0.3) is 5.91 Å². The van der Waals surface area contributed by atoms with Crippen LogP contribution in [0.2, 0.25) is 0 Å². The van der Waals surface area contributed by atoms with E-state index < -0.39 is 23.3 Å². The van der Waals surface area contributed by atoms with Crippen LogP contribution in [0.5, 0.6) is 0 Å². The van der Waals surface area contributed by atoms with Crippen molar-refractivity contribution in [3.8, 4) is 11.8 Å². The van der Waals surface area contributed by atoms with Crippen LogP contribution in [0.25, 0.3) is 6.08 Å². The Kier molecular flexibility index (Phi) is 5.23. The van der Waals surface area contributed by atoms with E-state index in [4.69, 9.17) is 0 Å². The van der Waals surface area contributed by atoms with Gasteiger partial charge in [0.1, 0.15) is 0 Å². The molecule has 0 bridgehead atoms. The summed E-state index contributed by atoms with van der Waals surface area (Å²) in [5.41, 5.74) is 2.48. The van der Waals surface area contributed by atoms with Gasteiger partial charge in [0, 0.05) is 17.5 Å². The lowest BCUT2D eigenvalue weighted by Gasteiger charge is -2.18. The van der Waals surface area contributed by atoms with Crippen LogP contribution >= 0.6 is 0 Å². The highest BCUT2D eigenvalue weighted by molar-refractivity contribution is 6.36. The van der Waals surface area contributed by atoms with E-state index >= 15 is 0 Å². The van der Waals surface area contributed by atoms with Gasteiger partial charge in [-0.2, -0.15) is 0 Å². The molecule has 0 radical (unpaired) electrons. The van der Waals surface area contributed by atoms with Crippen molar-refractivity contribution in [3.63, 3.8) is 0 Å². The maximum absolute atomic E-state index is 13.5. The highest BCUT2D eigenvalue weighted by Gasteiger charge is 2.28. The maximum Gasteiger partial charge on any atom is 0.259 e. The minimum absolute atomic E-state index is 0.150. The summed E-state index contributed by atoms with van der Waals surface area (Å²) in [4.78, 5) is 25.2. The minimum Gasteiger partial charge on any atom is -0.321 e. The molecule has 0 atom stereocenters. The summed E-state index contributed by atoms with van der Waals surface area (Å²) in [5, 5.41) is 2.65. The lowest BCUT2D eigenvalue weighted by Crippen LogP contribution is -2.27. The molecule has 1 heterocycles. The largest absolute Gasteiger partial charge is 0.321 e. The fraction of sp³-hybridized carbons (Fsp3) is 0.0400. The quantitative estimate of drug-likeness (QED) is 0.383. The molecule has 146 valence electrons. The maximum atomic E-state index is 13.5. The Morgan fingerprint density at radius 1 is 0.900 bits per heavy atom. The lowest BCUT2D eigenvalue weighted by molar-refractivity contribution is -0.112. The molecule has 3 nitrogen and oxygen atoms in total. The molecule has 1 N–H and O–H groups in total. The summed E-state index contributed by atoms with van der Waals surface area (Å²) in [6.07, 6.45) is 1.82. The molecule has 1 aliphatic heterocycles. The Hall–Kier alpha value is -4.04. The molecular formula is C25H15F2NO2. The van der Waals surface area contributed by atoms with Crippen LogP contribution in [-0.4, -0.2) is 11.7 Å². The molecule has 0 saturated carbocycles. The molecule has 1 aliphatic rings. The number of fused-ring (bicyclic) bond motifs is 1. The predicted octanol–water partition coefficient (Wildman–Crippen LogP) is 4.78. The Morgan fingerprint density at radius 2 is 1.70 bits per heavy atom. The topological polar surface area (TPSA) is 46.2 Å². The van der Waals surface area contributed by atoms with Gasteiger partial charge in [-0.25, -0.2) is 8.78 Å². The normalized spacial score (nSPS) is 14.0. The van der Waals surface area contributed by atoms with Crippen LogP contribution in [0.3, 0.4) is 0 Å². The van der Waals surface area contributed by atoms with Gasteiger partial charge < -0.3 is 5.32 Å². The van der Waals surface area contributed by atoms with E-state index in [0.29, 0.717) is 23.2 Å². The zero-order valence-corrected chi connectivity index (χ0v) is 15.7. The van der Waals surface area contributed by atoms with Crippen LogP contribution in [0.4, 0.5) is 14.5 Å². The fourth-order valence-electron chi connectivity index (χ4n) is 3.10. The molecule has 30 heavy (non-hydrogen) atoms. The number of Topliss-reactive ketones (excluding diaryl/α,β-unsaturated/α-hetero) is 1. The van der Waals surface area contributed by atoms with E-state index in [1.807, 2.05) is 30.3 Å². The molecular weight excluding hydrogens is 384 g/mol. The highest BCUT2D eigenvalue weighted by atomic mass is 19.2. The monoisotopic (exact) mass is 399 g/mol. The number of carbonyl (C=O) groups excluding carboxylic acids is 2. The average Bonchev–Trinajstić information content (AvgIpc) is 2.75. The van der Waals surface area contributed by atoms with E-state index in [-0.39, 0.29) is 11.1 Å². The summed E-state index contributed by atoms with van der Waals surface area (Å²) >= 11 is 0. The third kappa shape index (κ3) is 4.03. The van der Waals surface area contributed by atoms with Crippen LogP contribution in [-0.2, 0) is 11.2 Å². The first-order valence-electron chi connectivity index (χ1n) is 9.21. The van der Waals surface area contributed by atoms with Crippen molar-refractivity contribution in [3.05, 3.63) is 106 Å². The van der Waals surface area contributed by atoms with Gasteiger partial charge in [-0.1, -0.05) is 48.2 Å². The molecule has 0 aliphatic carbocycles. The van der Waals surface area contributed by atoms with Gasteiger partial charge in [0.15, 0.2) is 11.6 Å². The zero-order chi connectivity index (χ0) is 21.1. The van der Waals surface area contributed by atoms with Crippen molar-refractivity contribution < 1.29 is 18.4 Å². The molecule has 0 spiro atoms. The number of halogens is 2. The van der Waals surface area contributed by atoms with Crippen molar-refractivity contribution >= 4 is 23.5 Å². The van der Waals surface area contributed by atoms with E-state index in [2.05, 4.69) is 17.2 Å². The van der Waals surface area contributed by atoms with Crippen molar-refractivity contribution in [2.75, 3.05) is 5.32 Å². The minimum atomic E-state index is -1.05. The smallest absolute Gasteiger partial charge is 0.259 e. The molecule has 3 aromatic rings. The number of anilines is 1. The van der Waals surface area contributed by atoms with Gasteiger partial charge in [0.2, 0.25) is 5.78 Å². The second kappa shape index (κ2) is 8.14. The Labute approximate surface area is 172 Å². The van der Waals surface area contributed by atoms with Gasteiger partial charge in [-0.3, -0.25) is 9.59 Å². The van der Waals surface area contributed by atoms with Gasteiger partial charge in [0.05, 0.1) is 11.3 Å². The van der Waals surface area contributed by atoms with Crippen LogP contribution in [0, 0.1) is 23.5 Å². The number of ketones is 1. The van der Waals surface area contributed by atoms with E-state index in [0.717, 1.165) is 17.7 Å². The zero-order valence-electron chi connectivity index (χ0n) is 15.7. The van der Waals surface area contributed by atoms with Gasteiger partial charge >= 0.3 is 0 Å². The second-order valence-corrected chi connectivity index (χ2v) is 6.74. The Balaban J connectivity index is 1.62. The average molecular weight is 399 g/mol. The number of amides is 1. The molecule has 0 unspecified atom stereocenters. The van der Waals surface area contributed by atoms with E-state index in [1.54, 1.807) is 18.2 Å². The summed E-state index contributed by atoms with van der Waals surface area (Å²) in [5.74, 6) is 2.95. The SMILES string of the molecule is O=C1Nc2ccc(C#CCc3ccccc3)cc2C(=O)/C1=C\c1ccc(F)c(F)c1. The molecule has 5 heteroatoms. The second-order valence-electron chi connectivity index (χ2n) is 6.74. The first-order chi connectivity index (χ1) is 14.5. The van der Waals surface area contributed by atoms with Crippen molar-refractivity contribution in [1.29, 1.82) is 0 Å². The van der Waals surface area contributed by atoms with E-state index in [1.165, 1.54) is 12.1 Å². The van der Waals surface area contributed by atoms with Crippen LogP contribution < -0.4 is 5.32 Å². The molecule has 0 saturated heterocycles. The van der Waals surface area contributed by atoms with Crippen molar-refractivity contribution in [1.82, 2.24) is 0 Å². The van der Waals surface area contributed by atoms with Crippen molar-refractivity contribution in [2.24, 2.45) is 0 Å². The molecule has 1 amide bonds. The molecule has 3 aromatic carbocycles. The first-order valence-corrected chi connectivity index (χ1v) is 9.21. The molecule has 4 rings (SSSR count). The number of benzene rings is 3. The van der Waals surface area contributed by atoms with Gasteiger partial charge in [-0.15, -0.1) is 0 Å². The predicted molar refractivity (Wildman–Crippen MR) is 111 cm³/mol. The number of hydrogen-bond donors (Lipinski definition) is 1. The van der Waals surface area contributed by atoms with Crippen LogP contribution in [0.15, 0.2) is 72.3 Å². The standard InChI is InChI=1S/C25H15F2NO2/c26-21-11-9-18(15-22(21)27)14-20-24(29)19-13-17(10-12-23(19)28-25(20)30)8-4-7-16-5-2-1-3-6-16/h1-3,5-6,9-15H,7H2,(H,28,30)/b20-14+. The van der Waals surface area contributed by atoms with Crippen molar-refractivity contribution in [2.45, 2.75) is 6.42 Å². The summed E-state index contributed by atoms with van der Waals surface area (Å²) in [7, 11) is 0. The molecule has 0 aromatic heterocycles. The molecule has 0 fully saturated rings. The number of nitrogens with one attached hydrogen (secondary N) is 1. The fourth-order valence-corrected chi connectivity index (χ4v) is 3.10. The summed E-state index contributed by atoms with van der Waals surface area (Å²) in [6.45, 7) is 0. The first kappa shape index (κ1) is 19.3. The summed E-state index contributed by atoms with van der Waals surface area (Å²) in [6, 6.07) is 17.9. The number of hydrogen-bond acceptors (Lipinski definition) is 2. The van der Waals surface area contributed by atoms with E-state index in [9.17, 15) is 18.4 Å². The lowest BCUT2D eigenvalue weighted by atomic mass is 9.93.